The number of Topliss-reactive ketones (excluding diaryl/α,β-unsaturated/α-hetero) is 1. The van der Waals surface area contributed by atoms with Crippen LogP contribution in [0.15, 0.2) is 18.6 Å². The van der Waals surface area contributed by atoms with E-state index >= 15 is 0 Å². The Hall–Kier alpha value is -1.30. The number of hydrogen-bond donors (Lipinski definition) is 0. The Balaban J connectivity index is 2.45. The van der Waals surface area contributed by atoms with Gasteiger partial charge in [-0.25, -0.2) is 13.4 Å². The first-order valence-corrected chi connectivity index (χ1v) is 6.52. The van der Waals surface area contributed by atoms with Crippen molar-refractivity contribution in [1.82, 2.24) is 9.97 Å². The highest BCUT2D eigenvalue weighted by Gasteiger charge is 2.09. The van der Waals surface area contributed by atoms with E-state index in [4.69, 9.17) is 0 Å². The van der Waals surface area contributed by atoms with Crippen LogP contribution in [0.1, 0.15) is 23.3 Å². The maximum Gasteiger partial charge on any atom is 0.182 e. The van der Waals surface area contributed by atoms with E-state index in [-0.39, 0.29) is 23.7 Å². The summed E-state index contributed by atoms with van der Waals surface area (Å²) in [6, 6.07) is 0. The molecule has 15 heavy (non-hydrogen) atoms. The van der Waals surface area contributed by atoms with E-state index in [2.05, 4.69) is 9.97 Å². The van der Waals surface area contributed by atoms with Crippen molar-refractivity contribution in [3.8, 4) is 0 Å². The van der Waals surface area contributed by atoms with Crippen molar-refractivity contribution in [1.29, 1.82) is 0 Å². The summed E-state index contributed by atoms with van der Waals surface area (Å²) < 4.78 is 21.6. The number of ketones is 1. The first-order valence-electron chi connectivity index (χ1n) is 4.46. The normalized spacial score (nSPS) is 11.3. The highest BCUT2D eigenvalue weighted by Crippen LogP contribution is 2.01. The predicted octanol–water partition coefficient (Wildman–Crippen LogP) is 0.484. The minimum Gasteiger partial charge on any atom is -0.292 e. The van der Waals surface area contributed by atoms with Crippen molar-refractivity contribution < 1.29 is 13.2 Å². The molecule has 0 saturated carbocycles. The fourth-order valence-corrected chi connectivity index (χ4v) is 1.73. The lowest BCUT2D eigenvalue weighted by molar-refractivity contribution is 0.0977. The van der Waals surface area contributed by atoms with Crippen LogP contribution in [0.5, 0.6) is 0 Å². The Bertz CT molecular complexity index is 428. The first-order chi connectivity index (χ1) is 6.99. The zero-order valence-corrected chi connectivity index (χ0v) is 9.20. The van der Waals surface area contributed by atoms with E-state index in [0.29, 0.717) is 6.42 Å². The number of sulfone groups is 1. The smallest absolute Gasteiger partial charge is 0.182 e. The topological polar surface area (TPSA) is 77.0 Å². The molecule has 1 aromatic heterocycles. The lowest BCUT2D eigenvalue weighted by atomic mass is 10.2. The summed E-state index contributed by atoms with van der Waals surface area (Å²) in [5.41, 5.74) is 0.283. The Morgan fingerprint density at radius 1 is 1.40 bits per heavy atom. The number of aromatic nitrogens is 2. The van der Waals surface area contributed by atoms with Crippen molar-refractivity contribution in [2.45, 2.75) is 12.8 Å². The Morgan fingerprint density at radius 2 is 2.13 bits per heavy atom. The summed E-state index contributed by atoms with van der Waals surface area (Å²) in [5.74, 6) is -0.148. The standard InChI is InChI=1S/C9H12N2O3S/c1-15(13,14)6-2-3-9(12)8-7-10-4-5-11-8/h4-5,7H,2-3,6H2,1H3. The zero-order valence-electron chi connectivity index (χ0n) is 8.38. The van der Waals surface area contributed by atoms with Crippen LogP contribution < -0.4 is 0 Å². The molecule has 0 amide bonds. The monoisotopic (exact) mass is 228 g/mol. The van der Waals surface area contributed by atoms with Gasteiger partial charge in [0.15, 0.2) is 5.78 Å². The fourth-order valence-electron chi connectivity index (χ4n) is 1.07. The number of carbonyl (C=O) groups is 1. The molecule has 6 heteroatoms. The summed E-state index contributed by atoms with van der Waals surface area (Å²) in [6.45, 7) is 0. The molecule has 5 nitrogen and oxygen atoms in total. The third-order valence-electron chi connectivity index (χ3n) is 1.77. The molecule has 1 rings (SSSR count). The van der Waals surface area contributed by atoms with E-state index in [0.717, 1.165) is 6.26 Å². The average molecular weight is 228 g/mol. The molecule has 0 unspecified atom stereocenters. The molecule has 1 aromatic rings. The molecule has 0 fully saturated rings. The summed E-state index contributed by atoms with van der Waals surface area (Å²) in [7, 11) is -2.99. The van der Waals surface area contributed by atoms with Gasteiger partial charge >= 0.3 is 0 Å². The molecular formula is C9H12N2O3S. The van der Waals surface area contributed by atoms with Crippen LogP contribution in [0.3, 0.4) is 0 Å². The Morgan fingerprint density at radius 3 is 2.67 bits per heavy atom. The second-order valence-electron chi connectivity index (χ2n) is 3.25. The van der Waals surface area contributed by atoms with Crippen LogP contribution in [0.25, 0.3) is 0 Å². The molecule has 82 valence electrons. The molecule has 0 spiro atoms. The van der Waals surface area contributed by atoms with Gasteiger partial charge in [-0.2, -0.15) is 0 Å². The van der Waals surface area contributed by atoms with Crippen molar-refractivity contribution in [2.75, 3.05) is 12.0 Å². The van der Waals surface area contributed by atoms with Gasteiger partial charge in [-0.3, -0.25) is 9.78 Å². The maximum atomic E-state index is 11.4. The molecule has 0 N–H and O–H groups in total. The molecular weight excluding hydrogens is 216 g/mol. The molecule has 0 atom stereocenters. The van der Waals surface area contributed by atoms with Gasteiger partial charge in [-0.15, -0.1) is 0 Å². The molecule has 0 aliphatic rings. The van der Waals surface area contributed by atoms with Crippen molar-refractivity contribution in [3.05, 3.63) is 24.3 Å². The second kappa shape index (κ2) is 4.97. The zero-order chi connectivity index (χ0) is 11.3. The third-order valence-corrected chi connectivity index (χ3v) is 2.80. The van der Waals surface area contributed by atoms with Gasteiger partial charge in [0.2, 0.25) is 0 Å². The number of carbonyl (C=O) groups excluding carboxylic acids is 1. The largest absolute Gasteiger partial charge is 0.292 e. The van der Waals surface area contributed by atoms with Crippen LogP contribution >= 0.6 is 0 Å². The Kier molecular flexibility index (Phi) is 3.90. The minimum absolute atomic E-state index is 0.0268. The summed E-state index contributed by atoms with van der Waals surface area (Å²) in [6.07, 6.45) is 5.96. The van der Waals surface area contributed by atoms with Gasteiger partial charge in [0.1, 0.15) is 15.5 Å². The van der Waals surface area contributed by atoms with Crippen molar-refractivity contribution >= 4 is 15.6 Å². The van der Waals surface area contributed by atoms with E-state index < -0.39 is 9.84 Å². The van der Waals surface area contributed by atoms with Gasteiger partial charge in [-0.1, -0.05) is 0 Å². The maximum absolute atomic E-state index is 11.4. The van der Waals surface area contributed by atoms with Crippen LogP contribution in [0, 0.1) is 0 Å². The number of hydrogen-bond acceptors (Lipinski definition) is 5. The van der Waals surface area contributed by atoms with E-state index in [1.807, 2.05) is 0 Å². The minimum atomic E-state index is -2.99. The molecule has 0 aliphatic carbocycles. The average Bonchev–Trinajstić information content (AvgIpc) is 2.17. The third kappa shape index (κ3) is 4.64. The Labute approximate surface area is 88.5 Å². The lowest BCUT2D eigenvalue weighted by Gasteiger charge is -1.98. The molecule has 0 saturated heterocycles. The van der Waals surface area contributed by atoms with E-state index in [1.54, 1.807) is 0 Å². The van der Waals surface area contributed by atoms with E-state index in [9.17, 15) is 13.2 Å². The van der Waals surface area contributed by atoms with Crippen molar-refractivity contribution in [2.24, 2.45) is 0 Å². The van der Waals surface area contributed by atoms with Gasteiger partial charge in [0.05, 0.1) is 11.9 Å². The SMILES string of the molecule is CS(=O)(=O)CCCC(=O)c1cnccn1. The van der Waals surface area contributed by atoms with E-state index in [1.165, 1.54) is 18.6 Å². The molecule has 0 aromatic carbocycles. The van der Waals surface area contributed by atoms with Crippen LogP contribution in [0.4, 0.5) is 0 Å². The second-order valence-corrected chi connectivity index (χ2v) is 5.51. The van der Waals surface area contributed by atoms with Crippen LogP contribution in [0.2, 0.25) is 0 Å². The molecule has 0 aliphatic heterocycles. The summed E-state index contributed by atoms with van der Waals surface area (Å²) in [5, 5.41) is 0. The molecule has 0 bridgehead atoms. The summed E-state index contributed by atoms with van der Waals surface area (Å²) in [4.78, 5) is 19.0. The quantitative estimate of drug-likeness (QED) is 0.685. The highest BCUT2D eigenvalue weighted by atomic mass is 32.2. The van der Waals surface area contributed by atoms with Gasteiger partial charge in [0.25, 0.3) is 0 Å². The predicted molar refractivity (Wildman–Crippen MR) is 55.3 cm³/mol. The fraction of sp³-hybridized carbons (Fsp3) is 0.444. The van der Waals surface area contributed by atoms with Crippen LogP contribution in [-0.4, -0.2) is 36.2 Å². The van der Waals surface area contributed by atoms with Gasteiger partial charge in [-0.05, 0) is 6.42 Å². The number of rotatable bonds is 5. The summed E-state index contributed by atoms with van der Waals surface area (Å²) >= 11 is 0. The molecule has 0 radical (unpaired) electrons. The number of nitrogens with zero attached hydrogens (tertiary/aromatic N) is 2. The van der Waals surface area contributed by atoms with Crippen molar-refractivity contribution in [3.63, 3.8) is 0 Å². The van der Waals surface area contributed by atoms with Gasteiger partial charge in [0, 0.05) is 25.1 Å². The highest BCUT2D eigenvalue weighted by molar-refractivity contribution is 7.90. The first kappa shape index (κ1) is 11.8. The van der Waals surface area contributed by atoms with Crippen LogP contribution in [-0.2, 0) is 9.84 Å². The lowest BCUT2D eigenvalue weighted by Crippen LogP contribution is -2.07. The molecule has 1 heterocycles. The van der Waals surface area contributed by atoms with Gasteiger partial charge < -0.3 is 0 Å².